The highest BCUT2D eigenvalue weighted by atomic mass is 79.9. The Morgan fingerprint density at radius 2 is 1.65 bits per heavy atom. The van der Waals surface area contributed by atoms with Gasteiger partial charge in [-0.3, -0.25) is 0 Å². The van der Waals surface area contributed by atoms with Gasteiger partial charge in [0.25, 0.3) is 0 Å². The van der Waals surface area contributed by atoms with Crippen molar-refractivity contribution in [2.75, 3.05) is 0 Å². The van der Waals surface area contributed by atoms with Crippen LogP contribution in [0, 0.1) is 11.8 Å². The summed E-state index contributed by atoms with van der Waals surface area (Å²) in [6.07, 6.45) is 1.72. The number of nitrogens with zero attached hydrogens (tertiary/aromatic N) is 1. The minimum absolute atomic E-state index is 0.465. The standard InChI is InChI=1S/C20H14BrNO/c21-18-10-5-4-9-17(18)15-23-20-11-6-14-22-19(20)13-12-16-7-2-1-3-8-16/h1-11,14H,15H2. The van der Waals surface area contributed by atoms with Gasteiger partial charge < -0.3 is 4.74 Å². The van der Waals surface area contributed by atoms with E-state index in [1.54, 1.807) is 6.20 Å². The van der Waals surface area contributed by atoms with Crippen molar-refractivity contribution >= 4 is 15.9 Å². The SMILES string of the molecule is Brc1ccccc1COc1cccnc1C#Cc1ccccc1. The van der Waals surface area contributed by atoms with Crippen LogP contribution < -0.4 is 4.74 Å². The molecule has 0 N–H and O–H groups in total. The van der Waals surface area contributed by atoms with Gasteiger partial charge in [-0.1, -0.05) is 58.2 Å². The van der Waals surface area contributed by atoms with Crippen LogP contribution in [0.3, 0.4) is 0 Å². The fourth-order valence-corrected chi connectivity index (χ4v) is 2.42. The van der Waals surface area contributed by atoms with E-state index in [2.05, 4.69) is 32.8 Å². The number of hydrogen-bond donors (Lipinski definition) is 0. The van der Waals surface area contributed by atoms with Crippen LogP contribution >= 0.6 is 15.9 Å². The summed E-state index contributed by atoms with van der Waals surface area (Å²) < 4.78 is 6.93. The predicted octanol–water partition coefficient (Wildman–Crippen LogP) is 4.82. The first-order chi connectivity index (χ1) is 11.3. The maximum Gasteiger partial charge on any atom is 0.155 e. The van der Waals surface area contributed by atoms with Crippen molar-refractivity contribution < 1.29 is 4.74 Å². The summed E-state index contributed by atoms with van der Waals surface area (Å²) in [5.41, 5.74) is 2.68. The number of benzene rings is 2. The Bertz CT molecular complexity index is 850. The fraction of sp³-hybridized carbons (Fsp3) is 0.0500. The van der Waals surface area contributed by atoms with E-state index in [4.69, 9.17) is 4.74 Å². The number of aromatic nitrogens is 1. The third-order valence-electron chi connectivity index (χ3n) is 3.21. The summed E-state index contributed by atoms with van der Waals surface area (Å²) in [6, 6.07) is 21.6. The number of rotatable bonds is 3. The van der Waals surface area contributed by atoms with E-state index in [0.29, 0.717) is 18.1 Å². The average Bonchev–Trinajstić information content (AvgIpc) is 2.61. The van der Waals surface area contributed by atoms with E-state index >= 15 is 0 Å². The maximum absolute atomic E-state index is 5.90. The lowest BCUT2D eigenvalue weighted by Gasteiger charge is -2.08. The molecule has 0 atom stereocenters. The highest BCUT2D eigenvalue weighted by Crippen LogP contribution is 2.20. The molecule has 0 unspecified atom stereocenters. The van der Waals surface area contributed by atoms with Crippen molar-refractivity contribution in [2.24, 2.45) is 0 Å². The van der Waals surface area contributed by atoms with Gasteiger partial charge in [-0.25, -0.2) is 4.98 Å². The number of pyridine rings is 1. The Morgan fingerprint density at radius 3 is 2.48 bits per heavy atom. The van der Waals surface area contributed by atoms with Gasteiger partial charge in [0.05, 0.1) is 0 Å². The van der Waals surface area contributed by atoms with Gasteiger partial charge in [0.2, 0.25) is 0 Å². The first-order valence-electron chi connectivity index (χ1n) is 7.21. The Kier molecular flexibility index (Phi) is 5.08. The molecule has 0 fully saturated rings. The van der Waals surface area contributed by atoms with Crippen molar-refractivity contribution in [2.45, 2.75) is 6.61 Å². The van der Waals surface area contributed by atoms with Gasteiger partial charge in [0.1, 0.15) is 6.61 Å². The first-order valence-corrected chi connectivity index (χ1v) is 8.00. The molecule has 1 heterocycles. The molecule has 0 spiro atoms. The quantitative estimate of drug-likeness (QED) is 0.622. The normalized spacial score (nSPS) is 9.78. The van der Waals surface area contributed by atoms with Crippen LogP contribution in [0.1, 0.15) is 16.8 Å². The summed E-state index contributed by atoms with van der Waals surface area (Å²) in [5.74, 6) is 6.88. The first kappa shape index (κ1) is 15.3. The van der Waals surface area contributed by atoms with E-state index in [0.717, 1.165) is 15.6 Å². The van der Waals surface area contributed by atoms with Crippen LogP contribution in [0.25, 0.3) is 0 Å². The molecule has 0 bridgehead atoms. The summed E-state index contributed by atoms with van der Waals surface area (Å²) in [6.45, 7) is 0.465. The molecule has 3 heteroatoms. The largest absolute Gasteiger partial charge is 0.486 e. The van der Waals surface area contributed by atoms with Crippen LogP contribution in [-0.4, -0.2) is 4.98 Å². The number of ether oxygens (including phenoxy) is 1. The minimum Gasteiger partial charge on any atom is -0.486 e. The topological polar surface area (TPSA) is 22.1 Å². The molecule has 0 radical (unpaired) electrons. The second-order valence-corrected chi connectivity index (χ2v) is 5.70. The van der Waals surface area contributed by atoms with Crippen LogP contribution in [0.2, 0.25) is 0 Å². The van der Waals surface area contributed by atoms with Crippen molar-refractivity contribution in [3.05, 3.63) is 94.2 Å². The Morgan fingerprint density at radius 1 is 0.870 bits per heavy atom. The molecule has 2 nitrogen and oxygen atoms in total. The van der Waals surface area contributed by atoms with E-state index in [9.17, 15) is 0 Å². The zero-order chi connectivity index (χ0) is 15.9. The number of hydrogen-bond acceptors (Lipinski definition) is 2. The molecule has 0 saturated heterocycles. The molecule has 1 aromatic heterocycles. The summed E-state index contributed by atoms with van der Waals surface area (Å²) >= 11 is 3.53. The zero-order valence-electron chi connectivity index (χ0n) is 12.4. The molecular weight excluding hydrogens is 350 g/mol. The highest BCUT2D eigenvalue weighted by Gasteiger charge is 2.04. The number of halogens is 1. The van der Waals surface area contributed by atoms with Gasteiger partial charge in [0, 0.05) is 21.8 Å². The summed E-state index contributed by atoms with van der Waals surface area (Å²) in [7, 11) is 0. The molecule has 112 valence electrons. The van der Waals surface area contributed by atoms with Crippen LogP contribution in [-0.2, 0) is 6.61 Å². The summed E-state index contributed by atoms with van der Waals surface area (Å²) in [5, 5.41) is 0. The zero-order valence-corrected chi connectivity index (χ0v) is 14.0. The van der Waals surface area contributed by atoms with Gasteiger partial charge in [-0.15, -0.1) is 0 Å². The van der Waals surface area contributed by atoms with Crippen molar-refractivity contribution in [1.29, 1.82) is 0 Å². The lowest BCUT2D eigenvalue weighted by atomic mass is 10.2. The molecule has 3 rings (SSSR count). The molecule has 0 saturated carbocycles. The van der Waals surface area contributed by atoms with Gasteiger partial charge in [0.15, 0.2) is 11.4 Å². The van der Waals surface area contributed by atoms with Crippen LogP contribution in [0.4, 0.5) is 0 Å². The second-order valence-electron chi connectivity index (χ2n) is 4.85. The molecule has 3 aromatic rings. The summed E-state index contributed by atoms with van der Waals surface area (Å²) in [4.78, 5) is 4.32. The molecule has 0 aliphatic carbocycles. The third-order valence-corrected chi connectivity index (χ3v) is 3.98. The van der Waals surface area contributed by atoms with E-state index in [1.807, 2.05) is 66.7 Å². The molecule has 0 amide bonds. The minimum atomic E-state index is 0.465. The van der Waals surface area contributed by atoms with Crippen molar-refractivity contribution in [3.8, 4) is 17.6 Å². The average molecular weight is 364 g/mol. The highest BCUT2D eigenvalue weighted by molar-refractivity contribution is 9.10. The van der Waals surface area contributed by atoms with Crippen molar-refractivity contribution in [1.82, 2.24) is 4.98 Å². The molecule has 0 aliphatic rings. The van der Waals surface area contributed by atoms with Crippen LogP contribution in [0.15, 0.2) is 77.4 Å². The van der Waals surface area contributed by atoms with Crippen LogP contribution in [0.5, 0.6) is 5.75 Å². The molecule has 2 aromatic carbocycles. The van der Waals surface area contributed by atoms with E-state index in [-0.39, 0.29) is 0 Å². The third kappa shape index (κ3) is 4.21. The van der Waals surface area contributed by atoms with E-state index in [1.165, 1.54) is 0 Å². The Hall–Kier alpha value is -2.57. The Labute approximate surface area is 144 Å². The van der Waals surface area contributed by atoms with Gasteiger partial charge >= 0.3 is 0 Å². The maximum atomic E-state index is 5.90. The Balaban J connectivity index is 1.79. The molecule has 23 heavy (non-hydrogen) atoms. The van der Waals surface area contributed by atoms with Crippen molar-refractivity contribution in [3.63, 3.8) is 0 Å². The molecule has 0 aliphatic heterocycles. The van der Waals surface area contributed by atoms with E-state index < -0.39 is 0 Å². The smallest absolute Gasteiger partial charge is 0.155 e. The predicted molar refractivity (Wildman–Crippen MR) is 95.1 cm³/mol. The molecular formula is C20H14BrNO. The monoisotopic (exact) mass is 363 g/mol. The second kappa shape index (κ2) is 7.62. The fourth-order valence-electron chi connectivity index (χ4n) is 2.02. The van der Waals surface area contributed by atoms with Gasteiger partial charge in [-0.2, -0.15) is 0 Å². The van der Waals surface area contributed by atoms with Gasteiger partial charge in [-0.05, 0) is 36.3 Å². The lowest BCUT2D eigenvalue weighted by molar-refractivity contribution is 0.303. The lowest BCUT2D eigenvalue weighted by Crippen LogP contribution is -1.99.